The Hall–Kier alpha value is -1.69. The maximum Gasteiger partial charge on any atom is 0.261 e. The van der Waals surface area contributed by atoms with Crippen LogP contribution >= 0.6 is 22.7 Å². The third kappa shape index (κ3) is 3.21. The first-order valence-electron chi connectivity index (χ1n) is 7.10. The van der Waals surface area contributed by atoms with Gasteiger partial charge >= 0.3 is 0 Å². The molecule has 1 atom stereocenters. The average Bonchev–Trinajstić information content (AvgIpc) is 3.16. The van der Waals surface area contributed by atoms with Gasteiger partial charge in [-0.25, -0.2) is 0 Å². The van der Waals surface area contributed by atoms with Gasteiger partial charge in [0.15, 0.2) is 0 Å². The highest BCUT2D eigenvalue weighted by Crippen LogP contribution is 2.25. The van der Waals surface area contributed by atoms with Crippen molar-refractivity contribution in [3.63, 3.8) is 0 Å². The summed E-state index contributed by atoms with van der Waals surface area (Å²) in [7, 11) is 4.07. The molecule has 0 aliphatic rings. The molecular formula is C17H18N2OS2. The summed E-state index contributed by atoms with van der Waals surface area (Å²) in [5, 5.41) is 8.39. The normalized spacial score (nSPS) is 12.7. The number of carbonyl (C=O) groups is 1. The van der Waals surface area contributed by atoms with Crippen molar-refractivity contribution in [2.24, 2.45) is 0 Å². The number of hydrogen-bond acceptors (Lipinski definition) is 4. The van der Waals surface area contributed by atoms with E-state index >= 15 is 0 Å². The zero-order valence-corrected chi connectivity index (χ0v) is 14.2. The van der Waals surface area contributed by atoms with Crippen LogP contribution in [0.15, 0.2) is 47.2 Å². The maximum atomic E-state index is 12.4. The van der Waals surface area contributed by atoms with Crippen LogP contribution in [0.5, 0.6) is 0 Å². The maximum absolute atomic E-state index is 12.4. The molecule has 0 saturated carbocycles. The molecule has 1 N–H and O–H groups in total. The standard InChI is InChI=1S/C17H18N2OS2/c1-19(2)14(13-7-8-21-11-13)10-18-17(20)16-9-12-5-3-4-6-15(12)22-16/h3-9,11,14H,10H2,1-2H3,(H,18,20)/t14-/m0/s1. The van der Waals surface area contributed by atoms with Crippen LogP contribution in [-0.2, 0) is 0 Å². The molecule has 2 heterocycles. The van der Waals surface area contributed by atoms with Crippen LogP contribution in [-0.4, -0.2) is 31.4 Å². The van der Waals surface area contributed by atoms with Crippen molar-refractivity contribution in [3.8, 4) is 0 Å². The lowest BCUT2D eigenvalue weighted by atomic mass is 10.1. The zero-order chi connectivity index (χ0) is 15.5. The molecule has 0 bridgehead atoms. The molecule has 2 aromatic heterocycles. The molecular weight excluding hydrogens is 312 g/mol. The van der Waals surface area contributed by atoms with Crippen molar-refractivity contribution in [3.05, 3.63) is 57.6 Å². The lowest BCUT2D eigenvalue weighted by Crippen LogP contribution is -2.34. The fourth-order valence-corrected chi connectivity index (χ4v) is 4.12. The van der Waals surface area contributed by atoms with Gasteiger partial charge in [0, 0.05) is 11.2 Å². The topological polar surface area (TPSA) is 32.3 Å². The molecule has 0 saturated heterocycles. The summed E-state index contributed by atoms with van der Waals surface area (Å²) in [5.41, 5.74) is 1.24. The van der Waals surface area contributed by atoms with E-state index in [9.17, 15) is 4.79 Å². The Kier molecular flexibility index (Phi) is 4.57. The van der Waals surface area contributed by atoms with E-state index in [-0.39, 0.29) is 11.9 Å². The molecule has 3 nitrogen and oxygen atoms in total. The van der Waals surface area contributed by atoms with Crippen molar-refractivity contribution in [1.82, 2.24) is 10.2 Å². The SMILES string of the molecule is CN(C)[C@@H](CNC(=O)c1cc2ccccc2s1)c1ccsc1. The third-order valence-electron chi connectivity index (χ3n) is 3.66. The van der Waals surface area contributed by atoms with Gasteiger partial charge in [-0.05, 0) is 54.0 Å². The van der Waals surface area contributed by atoms with Gasteiger partial charge in [-0.2, -0.15) is 11.3 Å². The van der Waals surface area contributed by atoms with Crippen molar-refractivity contribution >= 4 is 38.7 Å². The number of fused-ring (bicyclic) bond motifs is 1. The zero-order valence-electron chi connectivity index (χ0n) is 12.6. The molecule has 114 valence electrons. The summed E-state index contributed by atoms with van der Waals surface area (Å²) >= 11 is 3.22. The Morgan fingerprint density at radius 1 is 1.27 bits per heavy atom. The molecule has 0 unspecified atom stereocenters. The molecule has 0 radical (unpaired) electrons. The van der Waals surface area contributed by atoms with Gasteiger partial charge in [-0.1, -0.05) is 18.2 Å². The number of carbonyl (C=O) groups excluding carboxylic acids is 1. The van der Waals surface area contributed by atoms with E-state index < -0.39 is 0 Å². The Morgan fingerprint density at radius 2 is 2.09 bits per heavy atom. The van der Waals surface area contributed by atoms with Gasteiger partial charge in [-0.15, -0.1) is 11.3 Å². The number of amides is 1. The molecule has 0 aliphatic heterocycles. The van der Waals surface area contributed by atoms with Gasteiger partial charge in [0.1, 0.15) is 0 Å². The number of hydrogen-bond donors (Lipinski definition) is 1. The van der Waals surface area contributed by atoms with E-state index in [1.807, 2.05) is 44.4 Å². The lowest BCUT2D eigenvalue weighted by Gasteiger charge is -2.23. The smallest absolute Gasteiger partial charge is 0.261 e. The molecule has 5 heteroatoms. The Balaban J connectivity index is 1.71. The molecule has 0 spiro atoms. The fourth-order valence-electron chi connectivity index (χ4n) is 2.43. The van der Waals surface area contributed by atoms with Crippen molar-refractivity contribution in [1.29, 1.82) is 0 Å². The minimum Gasteiger partial charge on any atom is -0.349 e. The van der Waals surface area contributed by atoms with Crippen LogP contribution in [0.4, 0.5) is 0 Å². The molecule has 1 aromatic carbocycles. The van der Waals surface area contributed by atoms with Crippen LogP contribution in [0.3, 0.4) is 0 Å². The number of nitrogens with one attached hydrogen (secondary N) is 1. The predicted octanol–water partition coefficient (Wildman–Crippen LogP) is 4.00. The van der Waals surface area contributed by atoms with Crippen LogP contribution < -0.4 is 5.32 Å². The Morgan fingerprint density at radius 3 is 2.77 bits per heavy atom. The average molecular weight is 330 g/mol. The number of thiophene rings is 2. The number of rotatable bonds is 5. The first kappa shape index (κ1) is 15.2. The molecule has 0 fully saturated rings. The van der Waals surface area contributed by atoms with E-state index in [4.69, 9.17) is 0 Å². The summed E-state index contributed by atoms with van der Waals surface area (Å²) < 4.78 is 1.15. The summed E-state index contributed by atoms with van der Waals surface area (Å²) in [6.45, 7) is 0.608. The number of nitrogens with zero attached hydrogens (tertiary/aromatic N) is 1. The second-order valence-electron chi connectivity index (χ2n) is 5.39. The molecule has 0 aliphatic carbocycles. The highest BCUT2D eigenvalue weighted by atomic mass is 32.1. The predicted molar refractivity (Wildman–Crippen MR) is 94.9 cm³/mol. The van der Waals surface area contributed by atoms with Crippen LogP contribution in [0.1, 0.15) is 21.3 Å². The number of likely N-dealkylation sites (N-methyl/N-ethyl adjacent to an activating group) is 1. The monoisotopic (exact) mass is 330 g/mol. The van der Waals surface area contributed by atoms with E-state index in [0.717, 1.165) is 15.0 Å². The van der Waals surface area contributed by atoms with Gasteiger partial charge in [-0.3, -0.25) is 4.79 Å². The molecule has 3 rings (SSSR count). The minimum atomic E-state index is 0.00304. The van der Waals surface area contributed by atoms with Gasteiger partial charge < -0.3 is 10.2 Å². The molecule has 22 heavy (non-hydrogen) atoms. The first-order chi connectivity index (χ1) is 10.6. The highest BCUT2D eigenvalue weighted by Gasteiger charge is 2.17. The van der Waals surface area contributed by atoms with E-state index in [1.165, 1.54) is 16.9 Å². The third-order valence-corrected chi connectivity index (χ3v) is 5.47. The summed E-state index contributed by atoms with van der Waals surface area (Å²) in [4.78, 5) is 15.3. The molecule has 3 aromatic rings. The largest absolute Gasteiger partial charge is 0.349 e. The first-order valence-corrected chi connectivity index (χ1v) is 8.86. The molecule has 1 amide bonds. The van der Waals surface area contributed by atoms with Crippen LogP contribution in [0.25, 0.3) is 10.1 Å². The quantitative estimate of drug-likeness (QED) is 0.767. The Labute approximate surface area is 138 Å². The van der Waals surface area contributed by atoms with E-state index in [2.05, 4.69) is 27.0 Å². The second-order valence-corrected chi connectivity index (χ2v) is 7.26. The van der Waals surface area contributed by atoms with Crippen molar-refractivity contribution < 1.29 is 4.79 Å². The fraction of sp³-hybridized carbons (Fsp3) is 0.235. The summed E-state index contributed by atoms with van der Waals surface area (Å²) in [6, 6.07) is 12.4. The van der Waals surface area contributed by atoms with Crippen molar-refractivity contribution in [2.45, 2.75) is 6.04 Å². The number of benzene rings is 1. The van der Waals surface area contributed by atoms with Gasteiger partial charge in [0.2, 0.25) is 0 Å². The summed E-state index contributed by atoms with van der Waals surface area (Å²) in [6.07, 6.45) is 0. The summed E-state index contributed by atoms with van der Waals surface area (Å²) in [5.74, 6) is 0.00304. The minimum absolute atomic E-state index is 0.00304. The van der Waals surface area contributed by atoms with Crippen LogP contribution in [0, 0.1) is 0 Å². The van der Waals surface area contributed by atoms with Crippen LogP contribution in [0.2, 0.25) is 0 Å². The Bertz CT molecular complexity index is 729. The highest BCUT2D eigenvalue weighted by molar-refractivity contribution is 7.20. The van der Waals surface area contributed by atoms with Gasteiger partial charge in [0.05, 0.1) is 10.9 Å². The van der Waals surface area contributed by atoms with Gasteiger partial charge in [0.25, 0.3) is 5.91 Å². The lowest BCUT2D eigenvalue weighted by molar-refractivity contribution is 0.0946. The van der Waals surface area contributed by atoms with Crippen molar-refractivity contribution in [2.75, 3.05) is 20.6 Å². The second kappa shape index (κ2) is 6.60. The van der Waals surface area contributed by atoms with E-state index in [0.29, 0.717) is 6.54 Å². The van der Waals surface area contributed by atoms with E-state index in [1.54, 1.807) is 11.3 Å².